The van der Waals surface area contributed by atoms with Crippen molar-refractivity contribution >= 4 is 5.82 Å². The molecule has 1 aromatic rings. The molecule has 1 fully saturated rings. The summed E-state index contributed by atoms with van der Waals surface area (Å²) in [5, 5.41) is 3.19. The zero-order chi connectivity index (χ0) is 9.97. The monoisotopic (exact) mass is 195 g/mol. The van der Waals surface area contributed by atoms with E-state index in [-0.39, 0.29) is 5.82 Å². The smallest absolute Gasteiger partial charge is 0.165 e. The van der Waals surface area contributed by atoms with Crippen LogP contribution in [0.15, 0.2) is 18.3 Å². The van der Waals surface area contributed by atoms with Crippen molar-refractivity contribution in [2.75, 3.05) is 25.0 Å². The van der Waals surface area contributed by atoms with Gasteiger partial charge in [-0.1, -0.05) is 0 Å². The Bertz CT molecular complexity index is 316. The van der Waals surface area contributed by atoms with E-state index in [9.17, 15) is 4.39 Å². The van der Waals surface area contributed by atoms with Crippen molar-refractivity contribution in [1.29, 1.82) is 0 Å². The van der Waals surface area contributed by atoms with E-state index in [1.807, 2.05) is 11.9 Å². The van der Waals surface area contributed by atoms with Crippen LogP contribution in [0, 0.1) is 5.82 Å². The molecular formula is C10H14FN3. The molecule has 1 aliphatic heterocycles. The number of anilines is 1. The lowest BCUT2D eigenvalue weighted by molar-refractivity contribution is 0.604. The number of rotatable bonds is 2. The van der Waals surface area contributed by atoms with Gasteiger partial charge in [-0.3, -0.25) is 0 Å². The molecule has 1 aliphatic rings. The van der Waals surface area contributed by atoms with Gasteiger partial charge in [0.25, 0.3) is 0 Å². The predicted molar refractivity (Wildman–Crippen MR) is 53.9 cm³/mol. The fourth-order valence-electron chi connectivity index (χ4n) is 1.80. The molecule has 1 saturated heterocycles. The highest BCUT2D eigenvalue weighted by Crippen LogP contribution is 2.20. The van der Waals surface area contributed by atoms with E-state index >= 15 is 0 Å². The summed E-state index contributed by atoms with van der Waals surface area (Å²) in [6.07, 6.45) is 2.68. The molecule has 0 bridgehead atoms. The molecule has 0 saturated carbocycles. The van der Waals surface area contributed by atoms with Gasteiger partial charge in [0.1, 0.15) is 0 Å². The fraction of sp³-hybridized carbons (Fsp3) is 0.500. The van der Waals surface area contributed by atoms with Gasteiger partial charge in [-0.2, -0.15) is 0 Å². The topological polar surface area (TPSA) is 28.2 Å². The van der Waals surface area contributed by atoms with E-state index in [2.05, 4.69) is 10.3 Å². The molecule has 1 N–H and O–H groups in total. The van der Waals surface area contributed by atoms with E-state index in [1.54, 1.807) is 12.3 Å². The summed E-state index contributed by atoms with van der Waals surface area (Å²) in [6.45, 7) is 1.71. The standard InChI is InChI=1S/C10H14FN3/c1-12-8-4-6-14(7-8)10-9(11)3-2-5-13-10/h2-3,5,8,12H,4,6-7H2,1H3. The van der Waals surface area contributed by atoms with Gasteiger partial charge in [-0.25, -0.2) is 9.37 Å². The summed E-state index contributed by atoms with van der Waals surface area (Å²) in [4.78, 5) is 6.03. The Kier molecular flexibility index (Phi) is 2.63. The van der Waals surface area contributed by atoms with Crippen LogP contribution in [0.4, 0.5) is 10.2 Å². The van der Waals surface area contributed by atoms with Gasteiger partial charge in [-0.15, -0.1) is 0 Å². The predicted octanol–water partition coefficient (Wildman–Crippen LogP) is 1.02. The minimum absolute atomic E-state index is 0.232. The van der Waals surface area contributed by atoms with Gasteiger partial charge in [-0.05, 0) is 25.6 Å². The molecular weight excluding hydrogens is 181 g/mol. The van der Waals surface area contributed by atoms with Crippen LogP contribution >= 0.6 is 0 Å². The van der Waals surface area contributed by atoms with Gasteiger partial charge in [0.05, 0.1) is 0 Å². The van der Waals surface area contributed by atoms with Crippen LogP contribution in [-0.4, -0.2) is 31.2 Å². The first-order valence-corrected chi connectivity index (χ1v) is 4.84. The van der Waals surface area contributed by atoms with Gasteiger partial charge < -0.3 is 10.2 Å². The fourth-order valence-corrected chi connectivity index (χ4v) is 1.80. The first kappa shape index (κ1) is 9.40. The Morgan fingerprint density at radius 2 is 2.50 bits per heavy atom. The third-order valence-electron chi connectivity index (χ3n) is 2.64. The summed E-state index contributed by atoms with van der Waals surface area (Å²) in [5.41, 5.74) is 0. The molecule has 0 amide bonds. The maximum atomic E-state index is 13.3. The van der Waals surface area contributed by atoms with E-state index in [0.717, 1.165) is 19.5 Å². The van der Waals surface area contributed by atoms with Crippen molar-refractivity contribution in [3.63, 3.8) is 0 Å². The maximum absolute atomic E-state index is 13.3. The molecule has 2 rings (SSSR count). The minimum Gasteiger partial charge on any atom is -0.353 e. The van der Waals surface area contributed by atoms with Crippen LogP contribution in [0.5, 0.6) is 0 Å². The largest absolute Gasteiger partial charge is 0.353 e. The van der Waals surface area contributed by atoms with Crippen molar-refractivity contribution < 1.29 is 4.39 Å². The van der Waals surface area contributed by atoms with Crippen molar-refractivity contribution in [3.05, 3.63) is 24.1 Å². The molecule has 1 aromatic heterocycles. The maximum Gasteiger partial charge on any atom is 0.165 e. The highest BCUT2D eigenvalue weighted by Gasteiger charge is 2.23. The van der Waals surface area contributed by atoms with E-state index < -0.39 is 0 Å². The minimum atomic E-state index is -0.232. The molecule has 3 nitrogen and oxygen atoms in total. The first-order valence-electron chi connectivity index (χ1n) is 4.84. The Hall–Kier alpha value is -1.16. The van der Waals surface area contributed by atoms with Crippen LogP contribution in [0.2, 0.25) is 0 Å². The lowest BCUT2D eigenvalue weighted by Gasteiger charge is -2.17. The van der Waals surface area contributed by atoms with Crippen LogP contribution in [-0.2, 0) is 0 Å². The third kappa shape index (κ3) is 1.70. The number of aromatic nitrogens is 1. The summed E-state index contributed by atoms with van der Waals surface area (Å²) in [7, 11) is 1.93. The SMILES string of the molecule is CNC1CCN(c2ncccc2F)C1. The van der Waals surface area contributed by atoms with Crippen molar-refractivity contribution in [3.8, 4) is 0 Å². The average molecular weight is 195 g/mol. The van der Waals surface area contributed by atoms with Crippen molar-refractivity contribution in [2.45, 2.75) is 12.5 Å². The van der Waals surface area contributed by atoms with Crippen LogP contribution in [0.25, 0.3) is 0 Å². The molecule has 2 heterocycles. The summed E-state index contributed by atoms with van der Waals surface area (Å²) < 4.78 is 13.3. The zero-order valence-electron chi connectivity index (χ0n) is 8.20. The van der Waals surface area contributed by atoms with E-state index in [1.165, 1.54) is 6.07 Å². The van der Waals surface area contributed by atoms with Crippen LogP contribution in [0.3, 0.4) is 0 Å². The second-order valence-electron chi connectivity index (χ2n) is 3.53. The number of nitrogens with one attached hydrogen (secondary N) is 1. The first-order chi connectivity index (χ1) is 6.81. The van der Waals surface area contributed by atoms with E-state index in [4.69, 9.17) is 0 Å². The molecule has 14 heavy (non-hydrogen) atoms. The molecule has 0 aliphatic carbocycles. The Morgan fingerprint density at radius 1 is 1.64 bits per heavy atom. The quantitative estimate of drug-likeness (QED) is 0.763. The summed E-state index contributed by atoms with van der Waals surface area (Å²) in [5.74, 6) is 0.245. The zero-order valence-corrected chi connectivity index (χ0v) is 8.20. The second kappa shape index (κ2) is 3.92. The second-order valence-corrected chi connectivity index (χ2v) is 3.53. The third-order valence-corrected chi connectivity index (χ3v) is 2.64. The lowest BCUT2D eigenvalue weighted by Crippen LogP contribution is -2.30. The average Bonchev–Trinajstić information content (AvgIpc) is 2.67. The lowest BCUT2D eigenvalue weighted by atomic mass is 10.3. The summed E-state index contributed by atoms with van der Waals surface area (Å²) >= 11 is 0. The highest BCUT2D eigenvalue weighted by atomic mass is 19.1. The molecule has 1 unspecified atom stereocenters. The number of likely N-dealkylation sites (N-methyl/N-ethyl adjacent to an activating group) is 1. The van der Waals surface area contributed by atoms with Gasteiger partial charge in [0.15, 0.2) is 11.6 Å². The number of pyridine rings is 1. The van der Waals surface area contributed by atoms with Crippen molar-refractivity contribution in [1.82, 2.24) is 10.3 Å². The van der Waals surface area contributed by atoms with Gasteiger partial charge >= 0.3 is 0 Å². The van der Waals surface area contributed by atoms with Crippen LogP contribution < -0.4 is 10.2 Å². The Labute approximate surface area is 82.9 Å². The van der Waals surface area contributed by atoms with Crippen molar-refractivity contribution in [2.24, 2.45) is 0 Å². The van der Waals surface area contributed by atoms with Gasteiger partial charge in [0.2, 0.25) is 0 Å². The van der Waals surface area contributed by atoms with Gasteiger partial charge in [0, 0.05) is 25.3 Å². The molecule has 0 aromatic carbocycles. The molecule has 76 valence electrons. The molecule has 4 heteroatoms. The Balaban J connectivity index is 2.13. The number of halogens is 1. The summed E-state index contributed by atoms with van der Waals surface area (Å²) in [6, 6.07) is 3.52. The van der Waals surface area contributed by atoms with Crippen LogP contribution in [0.1, 0.15) is 6.42 Å². The number of hydrogen-bond donors (Lipinski definition) is 1. The highest BCUT2D eigenvalue weighted by molar-refractivity contribution is 5.41. The normalized spacial score (nSPS) is 21.6. The number of hydrogen-bond acceptors (Lipinski definition) is 3. The number of nitrogens with zero attached hydrogens (tertiary/aromatic N) is 2. The molecule has 0 spiro atoms. The molecule has 1 atom stereocenters. The van der Waals surface area contributed by atoms with E-state index in [0.29, 0.717) is 11.9 Å². The Morgan fingerprint density at radius 3 is 3.14 bits per heavy atom. The molecule has 0 radical (unpaired) electrons.